The minimum absolute atomic E-state index is 0.126. The number of hydrogen-bond acceptors (Lipinski definition) is 11. The van der Waals surface area contributed by atoms with Crippen LogP contribution in [0.5, 0.6) is 0 Å². The van der Waals surface area contributed by atoms with Gasteiger partial charge in [0, 0.05) is 114 Å². The number of imidazole rings is 1. The van der Waals surface area contributed by atoms with E-state index in [2.05, 4.69) is 65.3 Å². The van der Waals surface area contributed by atoms with Crippen molar-refractivity contribution in [2.75, 3.05) is 57.7 Å². The number of carbonyl (C=O) groups excluding carboxylic acids is 2. The number of piperidine rings is 1. The molecular weight excluding hydrogens is 854 g/mol. The predicted molar refractivity (Wildman–Crippen MR) is 245 cm³/mol. The Balaban J connectivity index is 0.723. The number of amides is 2. The highest BCUT2D eigenvalue weighted by Crippen LogP contribution is 2.37. The molecule has 3 aromatic heterocycles. The smallest absolute Gasteiger partial charge is 0.391 e. The van der Waals surface area contributed by atoms with Crippen LogP contribution in [-0.4, -0.2) is 132 Å². The Kier molecular flexibility index (Phi) is 13.7. The monoisotopic (exact) mass is 914 g/mol. The number of alkyl halides is 3. The number of anilines is 1. The van der Waals surface area contributed by atoms with Crippen LogP contribution in [0.25, 0.3) is 33.2 Å². The Morgan fingerprint density at radius 3 is 2.36 bits per heavy atom. The zero-order chi connectivity index (χ0) is 46.1. The summed E-state index contributed by atoms with van der Waals surface area (Å²) in [6.07, 6.45) is 3.86. The highest BCUT2D eigenvalue weighted by molar-refractivity contribution is 6.00. The molecule has 3 saturated heterocycles. The van der Waals surface area contributed by atoms with E-state index in [1.807, 2.05) is 18.2 Å². The zero-order valence-corrected chi connectivity index (χ0v) is 37.8. The number of rotatable bonds is 15. The van der Waals surface area contributed by atoms with E-state index in [4.69, 9.17) is 9.72 Å². The second-order valence-corrected chi connectivity index (χ2v) is 18.9. The molecule has 1 saturated carbocycles. The van der Waals surface area contributed by atoms with Crippen molar-refractivity contribution in [3.63, 3.8) is 0 Å². The lowest BCUT2D eigenvalue weighted by Crippen LogP contribution is -2.46. The number of benzene rings is 2. The summed E-state index contributed by atoms with van der Waals surface area (Å²) in [6.45, 7) is 10.6. The van der Waals surface area contributed by atoms with Gasteiger partial charge in [0.1, 0.15) is 11.7 Å². The van der Waals surface area contributed by atoms with Crippen LogP contribution in [0.15, 0.2) is 59.7 Å². The van der Waals surface area contributed by atoms with Crippen LogP contribution in [0.2, 0.25) is 0 Å². The van der Waals surface area contributed by atoms with Crippen LogP contribution in [0.1, 0.15) is 87.9 Å². The first kappa shape index (κ1) is 46.0. The van der Waals surface area contributed by atoms with Crippen molar-refractivity contribution in [3.8, 4) is 11.1 Å². The van der Waals surface area contributed by atoms with Gasteiger partial charge in [0.25, 0.3) is 0 Å². The van der Waals surface area contributed by atoms with Crippen LogP contribution in [0, 0.1) is 0 Å². The maximum atomic E-state index is 13.2. The molecule has 4 aliphatic rings. The molecule has 1 unspecified atom stereocenters. The molecule has 2 amide bonds. The lowest BCUT2D eigenvalue weighted by atomic mass is 9.93. The average molecular weight is 915 g/mol. The largest absolute Gasteiger partial charge is 0.393 e. The number of hydrogen-bond donors (Lipinski definition) is 3. The Morgan fingerprint density at radius 1 is 0.894 bits per heavy atom. The van der Waals surface area contributed by atoms with Gasteiger partial charge >= 0.3 is 11.9 Å². The van der Waals surface area contributed by atoms with Gasteiger partial charge in [-0.15, -0.1) is 0 Å². The minimum Gasteiger partial charge on any atom is -0.393 e. The average Bonchev–Trinajstić information content (AvgIpc) is 3.96. The molecule has 15 nitrogen and oxygen atoms in total. The number of nitrogens with zero attached hydrogens (tertiary/aromatic N) is 8. The second kappa shape index (κ2) is 19.6. The van der Waals surface area contributed by atoms with Gasteiger partial charge in [-0.2, -0.15) is 18.2 Å². The maximum Gasteiger partial charge on any atom is 0.391 e. The highest BCUT2D eigenvalue weighted by Gasteiger charge is 2.33. The topological polar surface area (TPSA) is 155 Å². The number of ether oxygens (including phenoxy) is 1. The van der Waals surface area contributed by atoms with Crippen LogP contribution in [0.4, 0.5) is 19.1 Å². The van der Waals surface area contributed by atoms with E-state index >= 15 is 0 Å². The molecule has 1 aliphatic carbocycles. The highest BCUT2D eigenvalue weighted by atomic mass is 19.4. The van der Waals surface area contributed by atoms with Crippen molar-refractivity contribution >= 4 is 39.8 Å². The van der Waals surface area contributed by atoms with E-state index in [0.717, 1.165) is 119 Å². The summed E-state index contributed by atoms with van der Waals surface area (Å²) < 4.78 is 50.7. The molecule has 0 bridgehead atoms. The normalized spacial score (nSPS) is 23.2. The predicted octanol–water partition coefficient (Wildman–Crippen LogP) is 5.76. The number of likely N-dealkylation sites (tertiary alicyclic amines) is 1. The summed E-state index contributed by atoms with van der Waals surface area (Å²) in [4.78, 5) is 54.0. The standard InChI is InChI=1S/C48H61F3N10O5/c1-31(25-48(49,50)51)53-46-52-26-38-39(30-60(44(38)55-46)35-9-11-36(62)12-10-35)34-7-4-32(5-8-34)27-58-21-19-57(20-22-58)17-3-23-66-37-16-18-59(29-37)28-33-6-13-40-42(24-33)56(2)47(65)61(40)41-14-15-43(63)54-45(41)64/h4-8,13,24,26,30-31,35-37,41,62H,3,9-12,14-23,25,27-29H2,1-2H3,(H,52,53,55)(H,54,63,64)/t31-,35-,36-,37-,41?/m0/s1. The van der Waals surface area contributed by atoms with E-state index in [0.29, 0.717) is 30.4 Å². The number of aliphatic hydroxyl groups is 1. The molecule has 6 heterocycles. The van der Waals surface area contributed by atoms with Gasteiger partial charge in [0.15, 0.2) is 0 Å². The number of imide groups is 1. The molecule has 3 N–H and O–H groups in total. The fourth-order valence-electron chi connectivity index (χ4n) is 10.4. The fraction of sp³-hybridized carbons (Fsp3) is 0.562. The summed E-state index contributed by atoms with van der Waals surface area (Å²) in [5.41, 5.74) is 6.21. The third kappa shape index (κ3) is 10.5. The van der Waals surface area contributed by atoms with E-state index in [9.17, 15) is 32.7 Å². The summed E-state index contributed by atoms with van der Waals surface area (Å²) in [7, 11) is 1.72. The van der Waals surface area contributed by atoms with Crippen LogP contribution < -0.4 is 16.3 Å². The van der Waals surface area contributed by atoms with Crippen molar-refractivity contribution in [2.45, 2.75) is 114 Å². The Hall–Kier alpha value is -5.14. The number of aryl methyl sites for hydroxylation is 1. The molecule has 5 aromatic rings. The molecule has 18 heteroatoms. The van der Waals surface area contributed by atoms with Gasteiger partial charge in [-0.1, -0.05) is 30.3 Å². The van der Waals surface area contributed by atoms with Gasteiger partial charge in [-0.25, -0.2) is 9.78 Å². The second-order valence-electron chi connectivity index (χ2n) is 18.9. The molecule has 0 spiro atoms. The zero-order valence-electron chi connectivity index (χ0n) is 37.8. The van der Waals surface area contributed by atoms with Gasteiger partial charge in [0.2, 0.25) is 17.8 Å². The Labute approximate surface area is 381 Å². The lowest BCUT2D eigenvalue weighted by Gasteiger charge is -2.34. The molecule has 0 radical (unpaired) electrons. The number of fused-ring (bicyclic) bond motifs is 2. The van der Waals surface area contributed by atoms with Crippen molar-refractivity contribution in [2.24, 2.45) is 7.05 Å². The third-order valence-electron chi connectivity index (χ3n) is 14.0. The number of carbonyl (C=O) groups is 2. The number of piperazine rings is 1. The van der Waals surface area contributed by atoms with Crippen LogP contribution in [-0.2, 0) is 34.5 Å². The molecule has 354 valence electrons. The molecule has 66 heavy (non-hydrogen) atoms. The van der Waals surface area contributed by atoms with E-state index in [1.54, 1.807) is 17.8 Å². The Bertz CT molecular complexity index is 2580. The quantitative estimate of drug-likeness (QED) is 0.0869. The fourth-order valence-corrected chi connectivity index (χ4v) is 10.4. The van der Waals surface area contributed by atoms with Gasteiger partial charge in [-0.05, 0) is 80.7 Å². The number of aromatic nitrogens is 5. The van der Waals surface area contributed by atoms with Crippen LogP contribution >= 0.6 is 0 Å². The first-order valence-electron chi connectivity index (χ1n) is 23.5. The van der Waals surface area contributed by atoms with Gasteiger partial charge < -0.3 is 24.6 Å². The van der Waals surface area contributed by atoms with Crippen molar-refractivity contribution in [1.29, 1.82) is 0 Å². The first-order chi connectivity index (χ1) is 31.7. The van der Waals surface area contributed by atoms with Crippen LogP contribution in [0.3, 0.4) is 0 Å². The van der Waals surface area contributed by atoms with Gasteiger partial charge in [-0.3, -0.25) is 33.8 Å². The number of halogens is 3. The Morgan fingerprint density at radius 2 is 1.62 bits per heavy atom. The molecule has 3 atom stereocenters. The molecular formula is C48H61F3N10O5. The number of nitrogens with one attached hydrogen (secondary N) is 2. The molecule has 3 aliphatic heterocycles. The summed E-state index contributed by atoms with van der Waals surface area (Å²) in [6, 6.07) is 13.1. The third-order valence-corrected chi connectivity index (χ3v) is 14.0. The SMILES string of the molecule is C[C@@H](CC(F)(F)F)Nc1ncc2c(-c3ccc(CN4CCN(CCCO[C@H]5CCN(Cc6ccc7c(c6)n(C)c(=O)n7C6CCC(=O)NC6=O)C5)CC4)cc3)cn([C@H]3CC[C@H](O)CC3)c2n1. The summed E-state index contributed by atoms with van der Waals surface area (Å²) >= 11 is 0. The molecule has 2 aromatic carbocycles. The van der Waals surface area contributed by atoms with Crippen molar-refractivity contribution < 1.29 is 32.6 Å². The van der Waals surface area contributed by atoms with Gasteiger partial charge in [0.05, 0.1) is 29.7 Å². The van der Waals surface area contributed by atoms with E-state index < -0.39 is 30.6 Å². The first-order valence-corrected chi connectivity index (χ1v) is 23.5. The summed E-state index contributed by atoms with van der Waals surface area (Å²) in [5.74, 6) is -0.566. The number of aliphatic hydroxyl groups excluding tert-OH is 1. The van der Waals surface area contributed by atoms with E-state index in [1.165, 1.54) is 17.1 Å². The molecule has 9 rings (SSSR count). The summed E-state index contributed by atoms with van der Waals surface area (Å²) in [5, 5.41) is 16.2. The molecule has 4 fully saturated rings. The maximum absolute atomic E-state index is 13.2. The minimum atomic E-state index is -4.29. The lowest BCUT2D eigenvalue weighted by molar-refractivity contribution is -0.137. The van der Waals surface area contributed by atoms with E-state index in [-0.39, 0.29) is 42.2 Å². The van der Waals surface area contributed by atoms with Crippen molar-refractivity contribution in [1.82, 2.24) is 43.7 Å². The van der Waals surface area contributed by atoms with Crippen molar-refractivity contribution in [3.05, 3.63) is 76.5 Å².